The van der Waals surface area contributed by atoms with Gasteiger partial charge in [0.1, 0.15) is 36.9 Å². The molecule has 4 amide bonds. The molecule has 2 atom stereocenters. The molecule has 1 saturated heterocycles. The lowest BCUT2D eigenvalue weighted by Gasteiger charge is -2.49. The SMILES string of the molecule is CC(=O)OCC1=C(C(=O)O)N2C(=O)[C@@H](NC(=O)CN(OCc3ccccc3Cl)C(=O)NCc3ccccc3)C2SC1. The van der Waals surface area contributed by atoms with E-state index in [1.807, 2.05) is 30.3 Å². The third-order valence-corrected chi connectivity index (χ3v) is 7.86. The zero-order chi connectivity index (χ0) is 29.5. The van der Waals surface area contributed by atoms with Gasteiger partial charge in [0, 0.05) is 29.8 Å². The van der Waals surface area contributed by atoms with Crippen LogP contribution in [0.2, 0.25) is 5.02 Å². The van der Waals surface area contributed by atoms with Crippen molar-refractivity contribution in [1.82, 2.24) is 20.6 Å². The molecule has 0 saturated carbocycles. The van der Waals surface area contributed by atoms with E-state index in [-0.39, 0.29) is 36.8 Å². The van der Waals surface area contributed by atoms with E-state index in [1.165, 1.54) is 18.7 Å². The van der Waals surface area contributed by atoms with Crippen LogP contribution >= 0.6 is 23.4 Å². The maximum absolute atomic E-state index is 13.0. The van der Waals surface area contributed by atoms with Crippen molar-refractivity contribution in [2.24, 2.45) is 0 Å². The summed E-state index contributed by atoms with van der Waals surface area (Å²) in [4.78, 5) is 68.7. The van der Waals surface area contributed by atoms with Gasteiger partial charge in [0.05, 0.1) is 0 Å². The van der Waals surface area contributed by atoms with E-state index < -0.39 is 47.7 Å². The van der Waals surface area contributed by atoms with E-state index in [0.29, 0.717) is 10.6 Å². The van der Waals surface area contributed by atoms with Gasteiger partial charge in [-0.2, -0.15) is 5.06 Å². The molecular weight excluding hydrogens is 576 g/mol. The molecule has 1 fully saturated rings. The molecule has 0 bridgehead atoms. The molecule has 41 heavy (non-hydrogen) atoms. The zero-order valence-corrected chi connectivity index (χ0v) is 23.4. The first-order chi connectivity index (χ1) is 19.7. The standard InChI is InChI=1S/C27H27ClN4O8S/c1-16(33)39-13-19-15-41-25-22(24(35)32(25)23(19)26(36)37)30-21(34)12-31(40-14-18-9-5-6-10-20(18)28)27(38)29-11-17-7-3-2-4-8-17/h2-10,22,25H,11-15H2,1H3,(H,29,38)(H,30,34)(H,36,37)/t22-,25?/m1/s1. The molecule has 0 radical (unpaired) electrons. The Bertz CT molecular complexity index is 1370. The molecule has 2 aliphatic heterocycles. The number of carboxylic acids is 1. The number of carbonyl (C=O) groups is 5. The molecule has 12 nitrogen and oxygen atoms in total. The summed E-state index contributed by atoms with van der Waals surface area (Å²) in [5, 5.41) is 15.6. The van der Waals surface area contributed by atoms with Crippen LogP contribution in [0.25, 0.3) is 0 Å². The lowest BCUT2D eigenvalue weighted by molar-refractivity contribution is -0.156. The number of hydrogen-bond donors (Lipinski definition) is 3. The number of carboxylic acid groups (broad SMARTS) is 1. The normalized spacial score (nSPS) is 17.7. The number of amides is 4. The molecule has 1 unspecified atom stereocenters. The molecule has 0 aromatic heterocycles. The lowest BCUT2D eigenvalue weighted by Crippen LogP contribution is -2.71. The number of fused-ring (bicyclic) bond motifs is 1. The van der Waals surface area contributed by atoms with Gasteiger partial charge in [-0.05, 0) is 17.2 Å². The summed E-state index contributed by atoms with van der Waals surface area (Å²) >= 11 is 7.42. The number of ether oxygens (including phenoxy) is 1. The van der Waals surface area contributed by atoms with Crippen LogP contribution < -0.4 is 10.6 Å². The number of halogens is 1. The van der Waals surface area contributed by atoms with Crippen molar-refractivity contribution >= 4 is 53.1 Å². The summed E-state index contributed by atoms with van der Waals surface area (Å²) in [5.74, 6) is -3.06. The minimum absolute atomic E-state index is 0.0990. The minimum atomic E-state index is -1.34. The van der Waals surface area contributed by atoms with Gasteiger partial charge in [-0.15, -0.1) is 11.8 Å². The van der Waals surface area contributed by atoms with Crippen molar-refractivity contribution in [3.8, 4) is 0 Å². The highest BCUT2D eigenvalue weighted by Gasteiger charge is 2.54. The zero-order valence-electron chi connectivity index (χ0n) is 21.9. The van der Waals surface area contributed by atoms with Gasteiger partial charge in [-0.3, -0.25) is 24.1 Å². The van der Waals surface area contributed by atoms with Crippen molar-refractivity contribution in [2.75, 3.05) is 18.9 Å². The van der Waals surface area contributed by atoms with Crippen molar-refractivity contribution in [1.29, 1.82) is 0 Å². The number of aliphatic carboxylic acids is 1. The fourth-order valence-electron chi connectivity index (χ4n) is 4.13. The van der Waals surface area contributed by atoms with Crippen molar-refractivity contribution < 1.29 is 38.7 Å². The third-order valence-electron chi connectivity index (χ3n) is 6.15. The summed E-state index contributed by atoms with van der Waals surface area (Å²) in [5.41, 5.74) is 1.44. The molecule has 2 aromatic carbocycles. The number of nitrogens with one attached hydrogen (secondary N) is 2. The van der Waals surface area contributed by atoms with Gasteiger partial charge >= 0.3 is 18.0 Å². The Balaban J connectivity index is 1.41. The first-order valence-corrected chi connectivity index (χ1v) is 13.9. The van der Waals surface area contributed by atoms with E-state index >= 15 is 0 Å². The second kappa shape index (κ2) is 13.5. The number of hydroxylamine groups is 2. The number of carbonyl (C=O) groups excluding carboxylic acids is 4. The van der Waals surface area contributed by atoms with Crippen LogP contribution in [0.5, 0.6) is 0 Å². The number of urea groups is 1. The van der Waals surface area contributed by atoms with Crippen molar-refractivity contribution in [3.05, 3.63) is 82.0 Å². The lowest BCUT2D eigenvalue weighted by atomic mass is 10.0. The fourth-order valence-corrected chi connectivity index (χ4v) is 5.65. The monoisotopic (exact) mass is 602 g/mol. The molecule has 2 aliphatic rings. The van der Waals surface area contributed by atoms with Crippen molar-refractivity contribution in [3.63, 3.8) is 0 Å². The number of β-lactam (4-membered cyclic amide) rings is 1. The van der Waals surface area contributed by atoms with Crippen LogP contribution in [0.3, 0.4) is 0 Å². The Morgan fingerprint density at radius 3 is 2.49 bits per heavy atom. The predicted molar refractivity (Wildman–Crippen MR) is 148 cm³/mol. The maximum atomic E-state index is 13.0. The Morgan fingerprint density at radius 2 is 1.80 bits per heavy atom. The van der Waals surface area contributed by atoms with Gasteiger partial charge in [0.15, 0.2) is 0 Å². The quantitative estimate of drug-likeness (QED) is 0.200. The number of thioether (sulfide) groups is 1. The molecular formula is C27H27ClN4O8S. The molecule has 2 aromatic rings. The molecule has 4 rings (SSSR count). The third kappa shape index (κ3) is 7.37. The molecule has 2 heterocycles. The van der Waals surface area contributed by atoms with E-state index in [0.717, 1.165) is 15.5 Å². The Labute approximate surface area is 244 Å². The number of esters is 1. The summed E-state index contributed by atoms with van der Waals surface area (Å²) in [7, 11) is 0. The van der Waals surface area contributed by atoms with E-state index in [1.54, 1.807) is 24.3 Å². The summed E-state index contributed by atoms with van der Waals surface area (Å²) in [6.07, 6.45) is 0. The van der Waals surface area contributed by atoms with Crippen LogP contribution in [0.4, 0.5) is 4.79 Å². The molecule has 216 valence electrons. The van der Waals surface area contributed by atoms with Gasteiger partial charge < -0.3 is 20.5 Å². The van der Waals surface area contributed by atoms with E-state index in [9.17, 15) is 29.1 Å². The molecule has 14 heteroatoms. The average Bonchev–Trinajstić information content (AvgIpc) is 2.96. The number of hydrogen-bond acceptors (Lipinski definition) is 8. The second-order valence-corrected chi connectivity index (χ2v) is 10.6. The number of rotatable bonds is 11. The summed E-state index contributed by atoms with van der Waals surface area (Å²) < 4.78 is 4.93. The Morgan fingerprint density at radius 1 is 1.10 bits per heavy atom. The fraction of sp³-hybridized carbons (Fsp3) is 0.296. The highest BCUT2D eigenvalue weighted by Crippen LogP contribution is 2.40. The maximum Gasteiger partial charge on any atom is 0.352 e. The topological polar surface area (TPSA) is 155 Å². The largest absolute Gasteiger partial charge is 0.477 e. The number of nitrogens with zero attached hydrogens (tertiary/aromatic N) is 2. The van der Waals surface area contributed by atoms with Gasteiger partial charge in [0.25, 0.3) is 5.91 Å². The first kappa shape index (κ1) is 29.9. The smallest absolute Gasteiger partial charge is 0.352 e. The Kier molecular flexibility index (Phi) is 9.86. The van der Waals surface area contributed by atoms with E-state index in [4.69, 9.17) is 21.2 Å². The highest BCUT2D eigenvalue weighted by molar-refractivity contribution is 8.00. The van der Waals surface area contributed by atoms with Gasteiger partial charge in [-0.25, -0.2) is 9.59 Å². The first-order valence-electron chi connectivity index (χ1n) is 12.4. The second-order valence-electron chi connectivity index (χ2n) is 9.04. The molecule has 0 spiro atoms. The van der Waals surface area contributed by atoms with Crippen LogP contribution in [0, 0.1) is 0 Å². The Hall–Kier alpha value is -4.07. The van der Waals surface area contributed by atoms with Crippen LogP contribution in [0.15, 0.2) is 65.9 Å². The van der Waals surface area contributed by atoms with Crippen molar-refractivity contribution in [2.45, 2.75) is 31.5 Å². The minimum Gasteiger partial charge on any atom is -0.477 e. The van der Waals surface area contributed by atoms with Crippen LogP contribution in [0.1, 0.15) is 18.1 Å². The van der Waals surface area contributed by atoms with E-state index in [2.05, 4.69) is 10.6 Å². The molecule has 3 N–H and O–H groups in total. The number of benzene rings is 2. The highest BCUT2D eigenvalue weighted by atomic mass is 35.5. The predicted octanol–water partition coefficient (Wildman–Crippen LogP) is 2.29. The van der Waals surface area contributed by atoms with Gasteiger partial charge in [-0.1, -0.05) is 60.1 Å². The van der Waals surface area contributed by atoms with Crippen LogP contribution in [-0.4, -0.2) is 75.2 Å². The molecule has 0 aliphatic carbocycles. The summed E-state index contributed by atoms with van der Waals surface area (Å²) in [6.45, 7) is 0.475. The average molecular weight is 603 g/mol. The van der Waals surface area contributed by atoms with Gasteiger partial charge in [0.2, 0.25) is 5.91 Å². The van der Waals surface area contributed by atoms with Crippen LogP contribution in [-0.2, 0) is 41.9 Å². The summed E-state index contributed by atoms with van der Waals surface area (Å²) in [6, 6.07) is 14.3.